The number of carbonyl (C=O) groups excluding carboxylic acids is 1. The third-order valence-electron chi connectivity index (χ3n) is 5.36. The molecule has 0 N–H and O–H groups in total. The van der Waals surface area contributed by atoms with Gasteiger partial charge >= 0.3 is 11.7 Å². The lowest BCUT2D eigenvalue weighted by molar-refractivity contribution is -0.617. The number of ether oxygens (including phenoxy) is 1. The Morgan fingerprint density at radius 2 is 2.07 bits per heavy atom. The number of esters is 1. The third kappa shape index (κ3) is 4.36. The normalized spacial score (nSPS) is 22.1. The summed E-state index contributed by atoms with van der Waals surface area (Å²) >= 11 is 0. The van der Waals surface area contributed by atoms with Gasteiger partial charge in [0.25, 0.3) is 6.20 Å². The molecule has 0 bridgehead atoms. The Hall–Kier alpha value is -2.38. The summed E-state index contributed by atoms with van der Waals surface area (Å²) in [5.74, 6) is 0.115. The molecule has 0 unspecified atom stereocenters. The molecule has 0 spiro atoms. The maximum Gasteiger partial charge on any atom is 0.357 e. The fourth-order valence-corrected chi connectivity index (χ4v) is 4.55. The molecule has 2 aliphatic rings. The second kappa shape index (κ2) is 7.56. The summed E-state index contributed by atoms with van der Waals surface area (Å²) in [6.07, 6.45) is 4.42. The number of hydrogen-bond donors (Lipinski definition) is 0. The minimum absolute atomic E-state index is 0.0647. The van der Waals surface area contributed by atoms with E-state index in [1.54, 1.807) is 0 Å². The number of nitrogens with zero attached hydrogens (tertiary/aromatic N) is 3. The summed E-state index contributed by atoms with van der Waals surface area (Å²) in [6.45, 7) is 8.86. The van der Waals surface area contributed by atoms with Crippen molar-refractivity contribution in [1.29, 1.82) is 0 Å². The Morgan fingerprint density at radius 3 is 2.71 bits per heavy atom. The van der Waals surface area contributed by atoms with E-state index < -0.39 is 10.5 Å². The molecule has 1 aliphatic carbocycles. The number of rotatable bonds is 4. The van der Waals surface area contributed by atoms with Crippen molar-refractivity contribution in [3.8, 4) is 0 Å². The third-order valence-corrected chi connectivity index (χ3v) is 5.36. The van der Waals surface area contributed by atoms with E-state index in [4.69, 9.17) is 4.74 Å². The standard InChI is InChI=1S/C20H29N3O5/c1-13-8-14(9-18(24)28-20(2,3)4)11-21(10-13)19-15-6-5-7-16(15)22(25)12-17(19)23(26)27/h12-14H,5-11H2,1-4H3/t13-,14-/m1/s1. The van der Waals surface area contributed by atoms with Crippen LogP contribution in [0.4, 0.5) is 11.4 Å². The Balaban J connectivity index is 1.88. The fourth-order valence-electron chi connectivity index (χ4n) is 4.55. The zero-order valence-corrected chi connectivity index (χ0v) is 17.1. The van der Waals surface area contributed by atoms with Gasteiger partial charge < -0.3 is 14.8 Å². The van der Waals surface area contributed by atoms with Crippen molar-refractivity contribution in [2.75, 3.05) is 18.0 Å². The van der Waals surface area contributed by atoms with Crippen LogP contribution in [0.25, 0.3) is 0 Å². The molecule has 1 fully saturated rings. The highest BCUT2D eigenvalue weighted by molar-refractivity contribution is 5.71. The van der Waals surface area contributed by atoms with E-state index in [0.29, 0.717) is 48.5 Å². The highest BCUT2D eigenvalue weighted by Gasteiger charge is 2.37. The summed E-state index contributed by atoms with van der Waals surface area (Å²) < 4.78 is 6.12. The summed E-state index contributed by atoms with van der Waals surface area (Å²) in [4.78, 5) is 25.5. The number of nitro groups is 1. The molecule has 3 rings (SSSR count). The van der Waals surface area contributed by atoms with Crippen LogP contribution >= 0.6 is 0 Å². The van der Waals surface area contributed by atoms with Crippen LogP contribution in [0, 0.1) is 27.2 Å². The first-order valence-corrected chi connectivity index (χ1v) is 9.94. The first kappa shape index (κ1) is 20.4. The number of anilines is 1. The highest BCUT2D eigenvalue weighted by Crippen LogP contribution is 2.40. The molecule has 0 saturated carbocycles. The molecule has 1 saturated heterocycles. The maximum atomic E-state index is 12.3. The van der Waals surface area contributed by atoms with Crippen LogP contribution in [0.5, 0.6) is 0 Å². The predicted molar refractivity (Wildman–Crippen MR) is 104 cm³/mol. The predicted octanol–water partition coefficient (Wildman–Crippen LogP) is 2.91. The molecular weight excluding hydrogens is 362 g/mol. The monoisotopic (exact) mass is 391 g/mol. The molecule has 0 aromatic carbocycles. The summed E-state index contributed by atoms with van der Waals surface area (Å²) in [5, 5.41) is 23.9. The molecule has 0 amide bonds. The first-order valence-electron chi connectivity index (χ1n) is 9.94. The summed E-state index contributed by atoms with van der Waals surface area (Å²) in [5.41, 5.74) is 1.35. The van der Waals surface area contributed by atoms with Crippen molar-refractivity contribution >= 4 is 17.3 Å². The van der Waals surface area contributed by atoms with Crippen LogP contribution in [0.1, 0.15) is 58.2 Å². The second-order valence-corrected chi connectivity index (χ2v) is 9.13. The number of pyridine rings is 1. The van der Waals surface area contributed by atoms with E-state index in [0.717, 1.165) is 24.6 Å². The Labute approximate surface area is 165 Å². The van der Waals surface area contributed by atoms with E-state index in [1.165, 1.54) is 0 Å². The Kier molecular flexibility index (Phi) is 5.50. The van der Waals surface area contributed by atoms with Crippen LogP contribution < -0.4 is 9.63 Å². The van der Waals surface area contributed by atoms with Crippen LogP contribution in [0.2, 0.25) is 0 Å². The summed E-state index contributed by atoms with van der Waals surface area (Å²) in [6, 6.07) is 0. The van der Waals surface area contributed by atoms with Crippen molar-refractivity contribution in [2.45, 2.75) is 65.4 Å². The number of carbonyl (C=O) groups is 1. The molecule has 1 aromatic heterocycles. The molecule has 8 heteroatoms. The van der Waals surface area contributed by atoms with Crippen LogP contribution in [0.3, 0.4) is 0 Å². The molecule has 0 radical (unpaired) electrons. The molecule has 1 aromatic rings. The maximum absolute atomic E-state index is 12.3. The van der Waals surface area contributed by atoms with Gasteiger partial charge in [0, 0.05) is 19.5 Å². The number of piperidine rings is 1. The lowest BCUT2D eigenvalue weighted by Crippen LogP contribution is -2.43. The highest BCUT2D eigenvalue weighted by atomic mass is 16.6. The average Bonchev–Trinajstić information content (AvgIpc) is 3.01. The zero-order chi connectivity index (χ0) is 20.6. The van der Waals surface area contributed by atoms with Crippen molar-refractivity contribution in [3.05, 3.63) is 32.8 Å². The van der Waals surface area contributed by atoms with Gasteiger partial charge in [-0.25, -0.2) is 0 Å². The largest absolute Gasteiger partial charge is 0.618 e. The molecular formula is C20H29N3O5. The smallest absolute Gasteiger partial charge is 0.357 e. The van der Waals surface area contributed by atoms with Gasteiger partial charge in [-0.3, -0.25) is 14.9 Å². The summed E-state index contributed by atoms with van der Waals surface area (Å²) in [7, 11) is 0. The minimum atomic E-state index is -0.530. The SMILES string of the molecule is C[C@@H]1C[C@H](CC(=O)OC(C)(C)C)CN(c2c([N+](=O)[O-])c[n+]([O-])c3c2CCC3)C1. The van der Waals surface area contributed by atoms with Gasteiger partial charge in [-0.15, -0.1) is 0 Å². The first-order chi connectivity index (χ1) is 13.0. The van der Waals surface area contributed by atoms with Gasteiger partial charge in [0.05, 0.1) is 16.9 Å². The number of hydrogen-bond acceptors (Lipinski definition) is 6. The van der Waals surface area contributed by atoms with Gasteiger partial charge in [-0.2, -0.15) is 4.73 Å². The Bertz CT molecular complexity index is 787. The van der Waals surface area contributed by atoms with Gasteiger partial charge in [0.1, 0.15) is 11.3 Å². The van der Waals surface area contributed by atoms with Gasteiger partial charge in [-0.05, 0) is 51.9 Å². The van der Waals surface area contributed by atoms with E-state index >= 15 is 0 Å². The zero-order valence-electron chi connectivity index (χ0n) is 17.1. The second-order valence-electron chi connectivity index (χ2n) is 9.13. The number of aromatic nitrogens is 1. The minimum Gasteiger partial charge on any atom is -0.618 e. The van der Waals surface area contributed by atoms with Crippen molar-refractivity contribution in [3.63, 3.8) is 0 Å². The quantitative estimate of drug-likeness (QED) is 0.257. The molecule has 28 heavy (non-hydrogen) atoms. The van der Waals surface area contributed by atoms with Gasteiger partial charge in [0.15, 0.2) is 5.69 Å². The lowest BCUT2D eigenvalue weighted by atomic mass is 9.87. The molecule has 8 nitrogen and oxygen atoms in total. The molecule has 1 aliphatic heterocycles. The van der Waals surface area contributed by atoms with E-state index in [-0.39, 0.29) is 23.5 Å². The molecule has 154 valence electrons. The number of fused-ring (bicyclic) bond motifs is 1. The Morgan fingerprint density at radius 1 is 1.36 bits per heavy atom. The van der Waals surface area contributed by atoms with Gasteiger partial charge in [-0.1, -0.05) is 6.92 Å². The van der Waals surface area contributed by atoms with Crippen LogP contribution in [-0.4, -0.2) is 29.6 Å². The van der Waals surface area contributed by atoms with Crippen LogP contribution in [0.15, 0.2) is 6.20 Å². The van der Waals surface area contributed by atoms with E-state index in [1.807, 2.05) is 25.7 Å². The van der Waals surface area contributed by atoms with Crippen molar-refractivity contribution in [1.82, 2.24) is 0 Å². The van der Waals surface area contributed by atoms with Gasteiger partial charge in [0.2, 0.25) is 0 Å². The molecule has 2 atom stereocenters. The molecule has 2 heterocycles. The van der Waals surface area contributed by atoms with Crippen molar-refractivity contribution < 1.29 is 19.2 Å². The van der Waals surface area contributed by atoms with E-state index in [2.05, 4.69) is 6.92 Å². The van der Waals surface area contributed by atoms with Crippen molar-refractivity contribution in [2.24, 2.45) is 11.8 Å². The van der Waals surface area contributed by atoms with Crippen LogP contribution in [-0.2, 0) is 22.4 Å². The van der Waals surface area contributed by atoms with E-state index in [9.17, 15) is 20.1 Å². The topological polar surface area (TPSA) is 99.6 Å². The lowest BCUT2D eigenvalue weighted by Gasteiger charge is -2.38. The fraction of sp³-hybridized carbons (Fsp3) is 0.700. The average molecular weight is 391 g/mol.